The molecule has 4 nitrogen and oxygen atoms in total. The number of hydrogen-bond donors (Lipinski definition) is 1. The normalized spacial score (nSPS) is 11.8. The van der Waals surface area contributed by atoms with Crippen LogP contribution in [0.1, 0.15) is 11.3 Å². The first kappa shape index (κ1) is 11.6. The van der Waals surface area contributed by atoms with Crippen molar-refractivity contribution in [2.45, 2.75) is 12.7 Å². The summed E-state index contributed by atoms with van der Waals surface area (Å²) in [6.07, 6.45) is -0.990. The minimum atomic E-state index is -4.45. The fourth-order valence-corrected chi connectivity index (χ4v) is 1.32. The first-order chi connectivity index (χ1) is 8.00. The van der Waals surface area contributed by atoms with Gasteiger partial charge in [-0.2, -0.15) is 13.2 Å². The average Bonchev–Trinajstić information content (AvgIpc) is 2.78. The smallest absolute Gasteiger partial charge is 0.326 e. The van der Waals surface area contributed by atoms with E-state index in [-0.39, 0.29) is 0 Å². The van der Waals surface area contributed by atoms with E-state index in [0.29, 0.717) is 12.4 Å². The van der Waals surface area contributed by atoms with Crippen LogP contribution in [0.3, 0.4) is 0 Å². The molecule has 0 saturated carbocycles. The van der Waals surface area contributed by atoms with E-state index in [1.54, 1.807) is 12.1 Å². The van der Waals surface area contributed by atoms with Gasteiger partial charge < -0.3 is 5.73 Å². The van der Waals surface area contributed by atoms with Crippen LogP contribution in [0.15, 0.2) is 30.9 Å². The van der Waals surface area contributed by atoms with Crippen LogP contribution in [0.5, 0.6) is 0 Å². The van der Waals surface area contributed by atoms with Gasteiger partial charge in [-0.1, -0.05) is 0 Å². The summed E-state index contributed by atoms with van der Waals surface area (Å²) < 4.78 is 38.2. The van der Waals surface area contributed by atoms with Crippen LogP contribution in [0.2, 0.25) is 0 Å². The quantitative estimate of drug-likeness (QED) is 0.872. The third-order valence-corrected chi connectivity index (χ3v) is 2.18. The van der Waals surface area contributed by atoms with Crippen LogP contribution in [0, 0.1) is 0 Å². The summed E-state index contributed by atoms with van der Waals surface area (Å²) in [4.78, 5) is 7.24. The molecular formula is C10H9F3N4. The van der Waals surface area contributed by atoms with Gasteiger partial charge in [0.25, 0.3) is 0 Å². The van der Waals surface area contributed by atoms with E-state index in [1.807, 2.05) is 0 Å². The Morgan fingerprint density at radius 1 is 1.29 bits per heavy atom. The molecule has 2 aromatic rings. The molecule has 0 atom stereocenters. The highest BCUT2D eigenvalue weighted by Gasteiger charge is 2.33. The number of hydrogen-bond acceptors (Lipinski definition) is 3. The number of aromatic nitrogens is 3. The lowest BCUT2D eigenvalue weighted by atomic mass is 10.2. The predicted octanol–water partition coefficient (Wildman–Crippen LogP) is 1.74. The molecule has 0 amide bonds. The lowest BCUT2D eigenvalue weighted by Crippen LogP contribution is -2.05. The number of nitrogens with two attached hydrogens (primary N) is 1. The Morgan fingerprint density at radius 2 is 2.06 bits per heavy atom. The zero-order chi connectivity index (χ0) is 12.5. The van der Waals surface area contributed by atoms with E-state index < -0.39 is 11.9 Å². The topological polar surface area (TPSA) is 56.7 Å². The fraction of sp³-hybridized carbons (Fsp3) is 0.200. The number of imidazole rings is 1. The molecular weight excluding hydrogens is 233 g/mol. The van der Waals surface area contributed by atoms with Gasteiger partial charge in [0.2, 0.25) is 0 Å². The van der Waals surface area contributed by atoms with Gasteiger partial charge in [0, 0.05) is 18.9 Å². The Balaban J connectivity index is 2.37. The van der Waals surface area contributed by atoms with Crippen molar-refractivity contribution in [2.75, 3.05) is 0 Å². The average molecular weight is 242 g/mol. The van der Waals surface area contributed by atoms with Crippen molar-refractivity contribution in [3.63, 3.8) is 0 Å². The second-order valence-electron chi connectivity index (χ2n) is 3.39. The maximum Gasteiger partial charge on any atom is 0.434 e. The molecule has 17 heavy (non-hydrogen) atoms. The third-order valence-electron chi connectivity index (χ3n) is 2.18. The van der Waals surface area contributed by atoms with Crippen LogP contribution >= 0.6 is 0 Å². The summed E-state index contributed by atoms with van der Waals surface area (Å²) >= 11 is 0. The number of pyridine rings is 1. The summed E-state index contributed by atoms with van der Waals surface area (Å²) in [7, 11) is 0. The van der Waals surface area contributed by atoms with Gasteiger partial charge in [-0.3, -0.25) is 4.57 Å². The molecule has 7 heteroatoms. The molecule has 0 saturated heterocycles. The standard InChI is InChI=1S/C10H9F3N4/c11-10(12,13)8-5-17(6-16-8)9-3-7(4-14)1-2-15-9/h1-3,5-6H,4,14H2. The second kappa shape index (κ2) is 4.17. The van der Waals surface area contributed by atoms with Gasteiger partial charge >= 0.3 is 6.18 Å². The van der Waals surface area contributed by atoms with E-state index in [9.17, 15) is 13.2 Å². The third kappa shape index (κ3) is 2.44. The summed E-state index contributed by atoms with van der Waals surface area (Å²) in [5.41, 5.74) is 5.28. The van der Waals surface area contributed by atoms with Crippen molar-refractivity contribution in [1.29, 1.82) is 0 Å². The van der Waals surface area contributed by atoms with E-state index in [2.05, 4.69) is 9.97 Å². The maximum atomic E-state index is 12.3. The Morgan fingerprint density at radius 3 is 2.65 bits per heavy atom. The molecule has 0 radical (unpaired) electrons. The second-order valence-corrected chi connectivity index (χ2v) is 3.39. The molecule has 0 fully saturated rings. The summed E-state index contributed by atoms with van der Waals surface area (Å²) in [5, 5.41) is 0. The molecule has 0 aliphatic heterocycles. The van der Waals surface area contributed by atoms with Gasteiger partial charge in [-0.25, -0.2) is 9.97 Å². The molecule has 0 aliphatic carbocycles. The van der Waals surface area contributed by atoms with Crippen LogP contribution in [-0.2, 0) is 12.7 Å². The van der Waals surface area contributed by atoms with Crippen molar-refractivity contribution >= 4 is 0 Å². The number of rotatable bonds is 2. The molecule has 0 aliphatic rings. The summed E-state index contributed by atoms with van der Waals surface area (Å²) in [6, 6.07) is 3.31. The van der Waals surface area contributed by atoms with Crippen molar-refractivity contribution < 1.29 is 13.2 Å². The molecule has 0 unspecified atom stereocenters. The maximum absolute atomic E-state index is 12.3. The molecule has 0 aromatic carbocycles. The summed E-state index contributed by atoms with van der Waals surface area (Å²) in [5.74, 6) is 0.357. The minimum Gasteiger partial charge on any atom is -0.326 e. The van der Waals surface area contributed by atoms with Gasteiger partial charge in [0.05, 0.1) is 0 Å². The highest BCUT2D eigenvalue weighted by atomic mass is 19.4. The first-order valence-electron chi connectivity index (χ1n) is 4.77. The van der Waals surface area contributed by atoms with Gasteiger partial charge in [0.1, 0.15) is 12.1 Å². The van der Waals surface area contributed by atoms with Gasteiger partial charge in [0.15, 0.2) is 5.69 Å². The fourth-order valence-electron chi connectivity index (χ4n) is 1.32. The van der Waals surface area contributed by atoms with Crippen molar-refractivity contribution in [3.8, 4) is 5.82 Å². The Hall–Kier alpha value is -1.89. The van der Waals surface area contributed by atoms with Crippen molar-refractivity contribution in [2.24, 2.45) is 5.73 Å². The largest absolute Gasteiger partial charge is 0.434 e. The lowest BCUT2D eigenvalue weighted by Gasteiger charge is -2.03. The highest BCUT2D eigenvalue weighted by molar-refractivity contribution is 5.28. The van der Waals surface area contributed by atoms with Crippen LogP contribution < -0.4 is 5.73 Å². The van der Waals surface area contributed by atoms with Crippen LogP contribution in [0.25, 0.3) is 5.82 Å². The SMILES string of the molecule is NCc1ccnc(-n2cnc(C(F)(F)F)c2)c1. The zero-order valence-electron chi connectivity index (χ0n) is 8.65. The van der Waals surface area contributed by atoms with Crippen molar-refractivity contribution in [1.82, 2.24) is 14.5 Å². The van der Waals surface area contributed by atoms with E-state index >= 15 is 0 Å². The Bertz CT molecular complexity index is 518. The molecule has 2 heterocycles. The van der Waals surface area contributed by atoms with E-state index in [0.717, 1.165) is 18.1 Å². The minimum absolute atomic E-state index is 0.302. The number of alkyl halides is 3. The monoisotopic (exact) mass is 242 g/mol. The van der Waals surface area contributed by atoms with E-state index in [1.165, 1.54) is 10.8 Å². The van der Waals surface area contributed by atoms with Crippen molar-refractivity contribution in [3.05, 3.63) is 42.1 Å². The molecule has 2 N–H and O–H groups in total. The predicted molar refractivity (Wildman–Crippen MR) is 54.3 cm³/mol. The number of halogens is 3. The molecule has 2 rings (SSSR count). The van der Waals surface area contributed by atoms with Gasteiger partial charge in [-0.15, -0.1) is 0 Å². The van der Waals surface area contributed by atoms with E-state index in [4.69, 9.17) is 5.73 Å². The highest BCUT2D eigenvalue weighted by Crippen LogP contribution is 2.27. The molecule has 2 aromatic heterocycles. The summed E-state index contributed by atoms with van der Waals surface area (Å²) in [6.45, 7) is 0.302. The van der Waals surface area contributed by atoms with Gasteiger partial charge in [-0.05, 0) is 17.7 Å². The zero-order valence-corrected chi connectivity index (χ0v) is 8.65. The Labute approximate surface area is 94.9 Å². The molecule has 0 spiro atoms. The molecule has 90 valence electrons. The number of nitrogens with zero attached hydrogens (tertiary/aromatic N) is 3. The van der Waals surface area contributed by atoms with Crippen LogP contribution in [0.4, 0.5) is 13.2 Å². The Kier molecular flexibility index (Phi) is 2.84. The first-order valence-corrected chi connectivity index (χ1v) is 4.77. The lowest BCUT2D eigenvalue weighted by molar-refractivity contribution is -0.140. The molecule has 0 bridgehead atoms. The van der Waals surface area contributed by atoms with Crippen LogP contribution in [-0.4, -0.2) is 14.5 Å².